The molecule has 0 spiro atoms. The Bertz CT molecular complexity index is 1210. The summed E-state index contributed by atoms with van der Waals surface area (Å²) >= 11 is -0.126. The number of halogens is 3. The first-order chi connectivity index (χ1) is 19.0. The Hall–Kier alpha value is -2.57. The van der Waals surface area contributed by atoms with Gasteiger partial charge in [-0.25, -0.2) is 19.1 Å². The number of carbonyl (C=O) groups is 1. The van der Waals surface area contributed by atoms with Crippen molar-refractivity contribution >= 4 is 29.5 Å². The predicted molar refractivity (Wildman–Crippen MR) is 151 cm³/mol. The van der Waals surface area contributed by atoms with Crippen LogP contribution in [0.2, 0.25) is 0 Å². The van der Waals surface area contributed by atoms with Crippen LogP contribution in [0.15, 0.2) is 24.3 Å². The second kappa shape index (κ2) is 11.7. The molecule has 2 N–H and O–H groups in total. The van der Waals surface area contributed by atoms with Crippen molar-refractivity contribution < 1.29 is 22.7 Å². The second-order valence-corrected chi connectivity index (χ2v) is 12.5. The Morgan fingerprint density at radius 1 is 1.18 bits per heavy atom. The van der Waals surface area contributed by atoms with Crippen LogP contribution in [0.25, 0.3) is 11.4 Å². The lowest BCUT2D eigenvalue weighted by molar-refractivity contribution is -0.0363. The Kier molecular flexibility index (Phi) is 8.49. The van der Waals surface area contributed by atoms with Gasteiger partial charge >= 0.3 is 11.5 Å². The fraction of sp³-hybridized carbons (Fsp3) is 0.607. The highest BCUT2D eigenvalue weighted by Crippen LogP contribution is 2.52. The molecule has 2 fully saturated rings. The number of nitrogens with zero attached hydrogens (tertiary/aromatic N) is 4. The monoisotopic (exact) mass is 578 g/mol. The van der Waals surface area contributed by atoms with Crippen LogP contribution in [0.1, 0.15) is 45.4 Å². The molecule has 1 saturated carbocycles. The van der Waals surface area contributed by atoms with Crippen LogP contribution >= 0.6 is 11.9 Å². The number of rotatable bonds is 8. The zero-order valence-corrected chi connectivity index (χ0v) is 24.1. The molecule has 4 atom stereocenters. The predicted octanol–water partition coefficient (Wildman–Crippen LogP) is 5.90. The van der Waals surface area contributed by atoms with Gasteiger partial charge in [0.15, 0.2) is 5.82 Å². The van der Waals surface area contributed by atoms with Crippen molar-refractivity contribution in [2.45, 2.75) is 58.8 Å². The number of aromatic nitrogens is 2. The van der Waals surface area contributed by atoms with Crippen LogP contribution in [-0.4, -0.2) is 58.2 Å². The van der Waals surface area contributed by atoms with E-state index in [0.29, 0.717) is 61.2 Å². The SMILES string of the molecule is CC(C)C1C(C)C1CCNC(=O)Nc1ccc(-c2nc3c(c(N4CCOCC4C)n2)CN(SC(F)(F)F)C3)cc1. The van der Waals surface area contributed by atoms with Crippen molar-refractivity contribution in [3.05, 3.63) is 35.5 Å². The minimum absolute atomic E-state index is 0.0365. The molecule has 218 valence electrons. The highest BCUT2D eigenvalue weighted by molar-refractivity contribution is 7.97. The van der Waals surface area contributed by atoms with Gasteiger partial charge in [0.25, 0.3) is 0 Å². The number of anilines is 2. The number of amides is 2. The topological polar surface area (TPSA) is 82.6 Å². The van der Waals surface area contributed by atoms with E-state index >= 15 is 0 Å². The van der Waals surface area contributed by atoms with Gasteiger partial charge in [-0.1, -0.05) is 20.8 Å². The molecule has 1 aromatic heterocycles. The maximum atomic E-state index is 13.1. The van der Waals surface area contributed by atoms with Crippen molar-refractivity contribution in [2.75, 3.05) is 36.5 Å². The summed E-state index contributed by atoms with van der Waals surface area (Å²) in [5.41, 5.74) is -1.68. The first-order valence-electron chi connectivity index (χ1n) is 13.9. The van der Waals surface area contributed by atoms with E-state index in [-0.39, 0.29) is 37.1 Å². The zero-order chi connectivity index (χ0) is 28.6. The summed E-state index contributed by atoms with van der Waals surface area (Å²) in [6.07, 6.45) is 0.981. The van der Waals surface area contributed by atoms with E-state index in [4.69, 9.17) is 9.72 Å². The standard InChI is InChI=1S/C28H37F3N6O2S/c1-16(2)24-18(4)21(24)9-10-32-27(38)33-20-7-5-19(6-8-20)25-34-23-14-36(40-28(29,30)31)13-22(23)26(35-25)37-11-12-39-15-17(37)3/h5-8,16-18,21,24H,9-15H2,1-4H3,(H2,32,33,38). The molecular weight excluding hydrogens is 541 g/mol. The zero-order valence-electron chi connectivity index (χ0n) is 23.3. The number of benzene rings is 1. The van der Waals surface area contributed by atoms with E-state index < -0.39 is 5.51 Å². The van der Waals surface area contributed by atoms with Crippen LogP contribution < -0.4 is 15.5 Å². The molecule has 1 aromatic carbocycles. The van der Waals surface area contributed by atoms with E-state index in [0.717, 1.165) is 29.4 Å². The van der Waals surface area contributed by atoms with Gasteiger partial charge in [-0.3, -0.25) is 0 Å². The number of nitrogens with one attached hydrogen (secondary N) is 2. The number of morpholine rings is 1. The van der Waals surface area contributed by atoms with Gasteiger partial charge in [0, 0.05) is 48.4 Å². The number of carbonyl (C=O) groups excluding carboxylic acids is 1. The average Bonchev–Trinajstić information content (AvgIpc) is 3.35. The lowest BCUT2D eigenvalue weighted by atomic mass is 10.1. The summed E-state index contributed by atoms with van der Waals surface area (Å²) < 4.78 is 46.2. The minimum Gasteiger partial charge on any atom is -0.377 e. The minimum atomic E-state index is -4.37. The molecule has 2 aliphatic heterocycles. The normalized spacial score (nSPS) is 24.8. The Morgan fingerprint density at radius 3 is 2.58 bits per heavy atom. The number of hydrogen-bond acceptors (Lipinski definition) is 7. The molecule has 8 nitrogen and oxygen atoms in total. The number of urea groups is 1. The van der Waals surface area contributed by atoms with Gasteiger partial charge in [-0.05, 0) is 61.3 Å². The summed E-state index contributed by atoms with van der Waals surface area (Å²) in [4.78, 5) is 24.0. The van der Waals surface area contributed by atoms with E-state index in [1.807, 2.05) is 19.1 Å². The lowest BCUT2D eigenvalue weighted by Gasteiger charge is -2.35. The molecule has 4 unspecified atom stereocenters. The van der Waals surface area contributed by atoms with Crippen LogP contribution in [0.5, 0.6) is 0 Å². The summed E-state index contributed by atoms with van der Waals surface area (Å²) in [6.45, 7) is 11.3. The van der Waals surface area contributed by atoms with Crippen molar-refractivity contribution in [3.8, 4) is 11.4 Å². The molecule has 0 bridgehead atoms. The van der Waals surface area contributed by atoms with Gasteiger partial charge < -0.3 is 20.3 Å². The molecule has 12 heteroatoms. The second-order valence-electron chi connectivity index (χ2n) is 11.3. The third kappa shape index (κ3) is 6.66. The van der Waals surface area contributed by atoms with Gasteiger partial charge in [-0.15, -0.1) is 0 Å². The molecule has 2 amide bonds. The van der Waals surface area contributed by atoms with Crippen molar-refractivity contribution in [3.63, 3.8) is 0 Å². The highest BCUT2D eigenvalue weighted by Gasteiger charge is 2.47. The third-order valence-electron chi connectivity index (χ3n) is 8.17. The maximum absolute atomic E-state index is 13.1. The molecule has 2 aromatic rings. The van der Waals surface area contributed by atoms with E-state index in [9.17, 15) is 18.0 Å². The fourth-order valence-corrected chi connectivity index (χ4v) is 6.87. The fourth-order valence-electron chi connectivity index (χ4n) is 6.20. The Morgan fingerprint density at radius 2 is 1.93 bits per heavy atom. The molecule has 3 aliphatic rings. The third-order valence-corrected chi connectivity index (χ3v) is 8.90. The molecule has 40 heavy (non-hydrogen) atoms. The number of ether oxygens (including phenoxy) is 1. The molecule has 5 rings (SSSR count). The van der Waals surface area contributed by atoms with Crippen molar-refractivity contribution in [1.29, 1.82) is 0 Å². The average molecular weight is 579 g/mol. The first-order valence-corrected chi connectivity index (χ1v) is 14.7. The van der Waals surface area contributed by atoms with Crippen LogP contribution in [-0.2, 0) is 17.8 Å². The Labute approximate surface area is 237 Å². The van der Waals surface area contributed by atoms with E-state index in [2.05, 4.69) is 41.3 Å². The number of alkyl halides is 3. The summed E-state index contributed by atoms with van der Waals surface area (Å²) in [7, 11) is 0. The van der Waals surface area contributed by atoms with Gasteiger partial charge in [0.1, 0.15) is 5.82 Å². The molecule has 1 aliphatic carbocycles. The quantitative estimate of drug-likeness (QED) is 0.378. The highest BCUT2D eigenvalue weighted by atomic mass is 32.2. The molecule has 3 heterocycles. The lowest BCUT2D eigenvalue weighted by Crippen LogP contribution is -2.44. The smallest absolute Gasteiger partial charge is 0.377 e. The van der Waals surface area contributed by atoms with E-state index in [1.54, 1.807) is 12.1 Å². The van der Waals surface area contributed by atoms with Gasteiger partial charge in [0.05, 0.1) is 31.5 Å². The Balaban J connectivity index is 1.27. The molecular formula is C28H37F3N6O2S. The van der Waals surface area contributed by atoms with E-state index in [1.165, 1.54) is 4.31 Å². The number of hydrogen-bond donors (Lipinski definition) is 2. The summed E-state index contributed by atoms with van der Waals surface area (Å²) in [6, 6.07) is 6.99. The first kappa shape index (κ1) is 28.9. The van der Waals surface area contributed by atoms with Crippen LogP contribution in [0, 0.1) is 23.7 Å². The summed E-state index contributed by atoms with van der Waals surface area (Å²) in [5, 5.41) is 5.82. The van der Waals surface area contributed by atoms with Crippen molar-refractivity contribution in [2.24, 2.45) is 23.7 Å². The largest absolute Gasteiger partial charge is 0.456 e. The molecule has 1 saturated heterocycles. The number of fused-ring (bicyclic) bond motifs is 1. The maximum Gasteiger partial charge on any atom is 0.456 e. The van der Waals surface area contributed by atoms with Crippen LogP contribution in [0.4, 0.5) is 29.5 Å². The van der Waals surface area contributed by atoms with Crippen molar-refractivity contribution in [1.82, 2.24) is 19.6 Å². The molecule has 0 radical (unpaired) electrons. The van der Waals surface area contributed by atoms with Gasteiger partial charge in [0.2, 0.25) is 0 Å². The van der Waals surface area contributed by atoms with Gasteiger partial charge in [-0.2, -0.15) is 13.2 Å². The van der Waals surface area contributed by atoms with Crippen LogP contribution in [0.3, 0.4) is 0 Å². The summed E-state index contributed by atoms with van der Waals surface area (Å²) in [5.74, 6) is 3.92.